The standard InChI is InChI=1S/C24H36O5/c1-5-15(3)24(27)29-21-11-14(2)10-17-7-6-16(4)20(23(17)21)9-8-19-12-18(25)13-22(26)28-19/h6-7,10,14-16,18-21,23,25H,5,8-9,11-13H2,1-4H3/t14-,15-,16-,18+,19?,20-,21?,23-/m0/s1/i1D3,2D3,5D2,6D,7D,10D,11D2,13D2,14D,15D,16D. The van der Waals surface area contributed by atoms with Crippen LogP contribution in [0.15, 0.2) is 23.7 Å². The van der Waals surface area contributed by atoms with E-state index in [-0.39, 0.29) is 12.8 Å². The molecule has 1 N–H and O–H groups in total. The summed E-state index contributed by atoms with van der Waals surface area (Å²) in [5, 5.41) is 10.2. The number of aliphatic hydroxyl groups is 1. The van der Waals surface area contributed by atoms with Crippen molar-refractivity contribution in [2.24, 2.45) is 29.5 Å². The van der Waals surface area contributed by atoms with E-state index >= 15 is 0 Å². The van der Waals surface area contributed by atoms with Gasteiger partial charge in [0.05, 0.1) is 22.5 Å². The van der Waals surface area contributed by atoms with E-state index in [1.165, 1.54) is 0 Å². The zero-order chi connectivity index (χ0) is 36.9. The summed E-state index contributed by atoms with van der Waals surface area (Å²) in [6.45, 7) is -5.62. The number of cyclic esters (lactones) is 1. The van der Waals surface area contributed by atoms with Crippen LogP contribution in [0, 0.1) is 29.5 Å². The van der Waals surface area contributed by atoms with Gasteiger partial charge in [0, 0.05) is 32.9 Å². The summed E-state index contributed by atoms with van der Waals surface area (Å²) >= 11 is 0. The van der Waals surface area contributed by atoms with Gasteiger partial charge in [-0.05, 0) is 48.9 Å². The molecule has 0 saturated carbocycles. The number of hydrogen-bond acceptors (Lipinski definition) is 5. The predicted octanol–water partition coefficient (Wildman–Crippen LogP) is 4.20. The van der Waals surface area contributed by atoms with E-state index in [1.807, 2.05) is 0 Å². The van der Waals surface area contributed by atoms with Gasteiger partial charge < -0.3 is 14.6 Å². The van der Waals surface area contributed by atoms with Crippen molar-refractivity contribution >= 4 is 11.9 Å². The number of rotatable bonds is 6. The highest BCUT2D eigenvalue weighted by atomic mass is 16.5. The van der Waals surface area contributed by atoms with Gasteiger partial charge in [-0.25, -0.2) is 0 Å². The van der Waals surface area contributed by atoms with E-state index in [4.69, 9.17) is 34.1 Å². The number of carbonyl (C=O) groups excluding carboxylic acids is 2. The van der Waals surface area contributed by atoms with Gasteiger partial charge >= 0.3 is 11.9 Å². The van der Waals surface area contributed by atoms with Crippen molar-refractivity contribution in [3.8, 4) is 0 Å². The molecule has 0 bridgehead atoms. The molecule has 0 aromatic rings. The first-order valence-electron chi connectivity index (χ1n) is 18.3. The Bertz CT molecular complexity index is 1360. The second-order valence-corrected chi connectivity index (χ2v) is 7.20. The summed E-state index contributed by atoms with van der Waals surface area (Å²) in [5.74, 6) is -15.9. The zero-order valence-electron chi connectivity index (χ0n) is 34.1. The van der Waals surface area contributed by atoms with Crippen LogP contribution in [0.25, 0.3) is 0 Å². The van der Waals surface area contributed by atoms with Gasteiger partial charge in [-0.1, -0.05) is 45.7 Å². The Kier molecular flexibility index (Phi) is 2.77. The third kappa shape index (κ3) is 5.30. The molecule has 29 heavy (non-hydrogen) atoms. The van der Waals surface area contributed by atoms with Gasteiger partial charge in [0.25, 0.3) is 0 Å². The highest BCUT2D eigenvalue weighted by Gasteiger charge is 2.42. The molecular weight excluding hydrogens is 368 g/mol. The molecule has 0 radical (unpaired) electrons. The van der Waals surface area contributed by atoms with Crippen LogP contribution in [0.1, 0.15) is 90.6 Å². The second-order valence-electron chi connectivity index (χ2n) is 7.20. The molecule has 2 aliphatic carbocycles. The topological polar surface area (TPSA) is 72.8 Å². The number of ether oxygens (including phenoxy) is 2. The molecule has 3 rings (SSSR count). The summed E-state index contributed by atoms with van der Waals surface area (Å²) in [6, 6.07) is -3.01. The van der Waals surface area contributed by atoms with Crippen molar-refractivity contribution in [1.82, 2.24) is 0 Å². The molecule has 2 unspecified atom stereocenters. The Hall–Kier alpha value is -1.62. The van der Waals surface area contributed by atoms with Gasteiger partial charge in [0.15, 0.2) is 0 Å². The fourth-order valence-corrected chi connectivity index (χ4v) is 3.67. The first-order valence-corrected chi connectivity index (χ1v) is 9.25. The lowest BCUT2D eigenvalue weighted by Crippen LogP contribution is -2.42. The van der Waals surface area contributed by atoms with Gasteiger partial charge in [-0.2, -0.15) is 0 Å². The molecule has 5 heteroatoms. The Morgan fingerprint density at radius 3 is 3.17 bits per heavy atom. The number of allylic oxidation sites excluding steroid dienone is 3. The lowest BCUT2D eigenvalue weighted by atomic mass is 9.65. The molecule has 162 valence electrons. The number of esters is 2. The minimum absolute atomic E-state index is 0.289. The number of carbonyl (C=O) groups is 2. The maximum Gasteiger partial charge on any atom is 0.308 e. The quantitative estimate of drug-likeness (QED) is 0.650. The third-order valence-electron chi connectivity index (χ3n) is 5.16. The fourth-order valence-electron chi connectivity index (χ4n) is 3.67. The summed E-state index contributed by atoms with van der Waals surface area (Å²) in [5.41, 5.74) is -0.744. The van der Waals surface area contributed by atoms with Gasteiger partial charge in [-0.3, -0.25) is 9.59 Å². The van der Waals surface area contributed by atoms with Gasteiger partial charge in [0.1, 0.15) is 12.2 Å². The average molecular weight is 423 g/mol. The molecule has 3 aliphatic rings. The van der Waals surface area contributed by atoms with Crippen LogP contribution in [0.5, 0.6) is 0 Å². The van der Waals surface area contributed by atoms with Crippen LogP contribution >= 0.6 is 0 Å². The van der Waals surface area contributed by atoms with Crippen LogP contribution in [0.4, 0.5) is 0 Å². The van der Waals surface area contributed by atoms with Crippen molar-refractivity contribution in [2.45, 2.75) is 84.2 Å². The lowest BCUT2D eigenvalue weighted by molar-refractivity contribution is -0.162. The van der Waals surface area contributed by atoms with E-state index in [0.717, 1.165) is 6.92 Å². The highest BCUT2D eigenvalue weighted by molar-refractivity contribution is 5.72. The lowest BCUT2D eigenvalue weighted by Gasteiger charge is -2.43. The molecule has 0 amide bonds. The first kappa shape index (κ1) is 8.49. The van der Waals surface area contributed by atoms with Gasteiger partial charge in [0.2, 0.25) is 0 Å². The molecule has 0 spiro atoms. The number of aliphatic hydroxyl groups excluding tert-OH is 1. The van der Waals surface area contributed by atoms with E-state index in [1.54, 1.807) is 0 Å². The monoisotopic (exact) mass is 422 g/mol. The minimum atomic E-state index is -3.70. The summed E-state index contributed by atoms with van der Waals surface area (Å²) in [4.78, 5) is 25.7. The highest BCUT2D eigenvalue weighted by Crippen LogP contribution is 2.45. The smallest absolute Gasteiger partial charge is 0.308 e. The molecule has 8 atom stereocenters. The van der Waals surface area contributed by atoms with E-state index in [0.29, 0.717) is 6.92 Å². The van der Waals surface area contributed by atoms with Crippen LogP contribution in [-0.4, -0.2) is 35.4 Å². The molecular formula is C24H36O5. The normalized spacial score (nSPS) is 59.0. The van der Waals surface area contributed by atoms with Crippen molar-refractivity contribution < 1.29 is 48.8 Å². The summed E-state index contributed by atoms with van der Waals surface area (Å²) in [6.07, 6.45) is -16.6. The average Bonchev–Trinajstić information content (AvgIpc) is 2.89. The van der Waals surface area contributed by atoms with E-state index in [9.17, 15) is 14.7 Å². The SMILES string of the molecule is [2H]C1=C([2H])[C@]([2H])(C)[C@H](CCC2C[C@@H](O)C([2H])([2H])C(=O)O2)[C@@H]2C1=C([2H])[C@]([2H])(C([2H])([2H])[2H])C([2H])([2H])C2OC(=O)[C@@]([2H])(C)C([2H])([2H])C([2H])([2H])[2H]. The summed E-state index contributed by atoms with van der Waals surface area (Å²) in [7, 11) is 0. The minimum Gasteiger partial charge on any atom is -0.462 e. The Labute approximate surface area is 199 Å². The van der Waals surface area contributed by atoms with Crippen LogP contribution < -0.4 is 0 Å². The molecule has 1 saturated heterocycles. The second kappa shape index (κ2) is 9.46. The Morgan fingerprint density at radius 1 is 1.62 bits per heavy atom. The molecule has 1 aliphatic heterocycles. The molecule has 1 fully saturated rings. The molecule has 1 heterocycles. The maximum atomic E-state index is 13.5. The van der Waals surface area contributed by atoms with Crippen LogP contribution in [0.3, 0.4) is 0 Å². The molecule has 5 nitrogen and oxygen atoms in total. The van der Waals surface area contributed by atoms with Gasteiger partial charge in [-0.15, -0.1) is 0 Å². The Morgan fingerprint density at radius 2 is 2.45 bits per heavy atom. The summed E-state index contributed by atoms with van der Waals surface area (Å²) < 4.78 is 158. The van der Waals surface area contributed by atoms with Crippen molar-refractivity contribution in [3.05, 3.63) is 23.7 Å². The zero-order valence-corrected chi connectivity index (χ0v) is 16.1. The van der Waals surface area contributed by atoms with Crippen molar-refractivity contribution in [2.75, 3.05) is 0 Å². The molecule has 0 aromatic carbocycles. The third-order valence-corrected chi connectivity index (χ3v) is 5.16. The van der Waals surface area contributed by atoms with Crippen LogP contribution in [0.2, 0.25) is 0 Å². The number of hydrogen-bond donors (Lipinski definition) is 1. The predicted molar refractivity (Wildman–Crippen MR) is 111 cm³/mol. The van der Waals surface area contributed by atoms with Crippen LogP contribution in [-0.2, 0) is 19.1 Å². The van der Waals surface area contributed by atoms with E-state index in [2.05, 4.69) is 0 Å². The van der Waals surface area contributed by atoms with E-state index < -0.39 is 123 Å². The largest absolute Gasteiger partial charge is 0.462 e. The van der Waals surface area contributed by atoms with Crippen molar-refractivity contribution in [1.29, 1.82) is 0 Å². The Balaban J connectivity index is 2.26. The maximum absolute atomic E-state index is 13.5. The fraction of sp³-hybridized carbons (Fsp3) is 0.750. The molecule has 0 aromatic heterocycles. The number of fused-ring (bicyclic) bond motifs is 1. The first-order chi connectivity index (χ1) is 20.8. The van der Waals surface area contributed by atoms with Crippen molar-refractivity contribution in [3.63, 3.8) is 0 Å².